The van der Waals surface area contributed by atoms with Gasteiger partial charge in [-0.15, -0.1) is 0 Å². The van der Waals surface area contributed by atoms with E-state index >= 15 is 0 Å². The molecule has 19 heavy (non-hydrogen) atoms. The van der Waals surface area contributed by atoms with Gasteiger partial charge in [0.05, 0.1) is 27.2 Å². The van der Waals surface area contributed by atoms with Crippen LogP contribution in [0.1, 0.15) is 20.3 Å². The Morgan fingerprint density at radius 1 is 1.21 bits per heavy atom. The van der Waals surface area contributed by atoms with Crippen molar-refractivity contribution in [2.45, 2.75) is 20.3 Å². The van der Waals surface area contributed by atoms with E-state index in [4.69, 9.17) is 19.3 Å². The van der Waals surface area contributed by atoms with E-state index in [-0.39, 0.29) is 6.42 Å². The minimum atomic E-state index is -0.832. The first-order valence-electron chi connectivity index (χ1n) is 5.94. The summed E-state index contributed by atoms with van der Waals surface area (Å²) in [5.41, 5.74) is -0.432. The Hall–Kier alpha value is -1.91. The van der Waals surface area contributed by atoms with Crippen LogP contribution >= 0.6 is 0 Å². The lowest BCUT2D eigenvalue weighted by Crippen LogP contribution is -2.24. The van der Waals surface area contributed by atoms with Crippen molar-refractivity contribution in [3.05, 3.63) is 18.2 Å². The van der Waals surface area contributed by atoms with Crippen LogP contribution in [0.5, 0.6) is 17.2 Å². The number of hydrogen-bond donors (Lipinski definition) is 1. The number of hydrogen-bond acceptors (Lipinski definition) is 4. The summed E-state index contributed by atoms with van der Waals surface area (Å²) in [6, 6.07) is 5.23. The Morgan fingerprint density at radius 3 is 2.37 bits per heavy atom. The van der Waals surface area contributed by atoms with E-state index in [2.05, 4.69) is 0 Å². The maximum atomic E-state index is 10.7. The summed E-state index contributed by atoms with van der Waals surface area (Å²) >= 11 is 0. The number of aliphatic carboxylic acids is 1. The maximum absolute atomic E-state index is 10.7. The van der Waals surface area contributed by atoms with Gasteiger partial charge in [0.15, 0.2) is 11.5 Å². The van der Waals surface area contributed by atoms with E-state index in [1.807, 2.05) is 13.8 Å². The molecule has 0 aliphatic carbocycles. The van der Waals surface area contributed by atoms with E-state index in [0.29, 0.717) is 23.9 Å². The second-order valence-electron chi connectivity index (χ2n) is 5.04. The zero-order chi connectivity index (χ0) is 14.5. The maximum Gasteiger partial charge on any atom is 0.304 e. The zero-order valence-electron chi connectivity index (χ0n) is 11.7. The third kappa shape index (κ3) is 4.69. The van der Waals surface area contributed by atoms with Crippen LogP contribution in [0.15, 0.2) is 18.2 Å². The standard InChI is InChI=1S/C14H20O5/c1-14(2,8-13(15)16)9-19-10-5-6-11(17-3)12(7-10)18-4/h5-7H,8-9H2,1-4H3,(H,15,16). The Kier molecular flexibility index (Phi) is 5.03. The molecule has 0 aliphatic heterocycles. The highest BCUT2D eigenvalue weighted by molar-refractivity contribution is 5.67. The van der Waals surface area contributed by atoms with E-state index in [0.717, 1.165) is 0 Å². The molecule has 0 amide bonds. The molecule has 0 unspecified atom stereocenters. The second kappa shape index (κ2) is 6.31. The van der Waals surface area contributed by atoms with Crippen molar-refractivity contribution in [3.8, 4) is 17.2 Å². The highest BCUT2D eigenvalue weighted by Gasteiger charge is 2.23. The zero-order valence-corrected chi connectivity index (χ0v) is 11.7. The summed E-state index contributed by atoms with van der Waals surface area (Å²) in [4.78, 5) is 10.7. The largest absolute Gasteiger partial charge is 0.493 e. The van der Waals surface area contributed by atoms with Gasteiger partial charge < -0.3 is 19.3 Å². The number of rotatable bonds is 7. The van der Waals surface area contributed by atoms with Gasteiger partial charge in [-0.25, -0.2) is 0 Å². The smallest absolute Gasteiger partial charge is 0.304 e. The first kappa shape index (κ1) is 15.1. The average Bonchev–Trinajstić information content (AvgIpc) is 2.34. The van der Waals surface area contributed by atoms with Gasteiger partial charge in [0.1, 0.15) is 5.75 Å². The molecule has 0 fully saturated rings. The Morgan fingerprint density at radius 2 is 1.84 bits per heavy atom. The van der Waals surface area contributed by atoms with Gasteiger partial charge in [-0.2, -0.15) is 0 Å². The van der Waals surface area contributed by atoms with Crippen LogP contribution in [0.4, 0.5) is 0 Å². The molecule has 1 N–H and O–H groups in total. The predicted molar refractivity (Wildman–Crippen MR) is 71.1 cm³/mol. The van der Waals surface area contributed by atoms with Crippen LogP contribution < -0.4 is 14.2 Å². The molecule has 0 saturated carbocycles. The molecule has 1 aromatic rings. The van der Waals surface area contributed by atoms with E-state index in [1.54, 1.807) is 32.4 Å². The molecular weight excluding hydrogens is 248 g/mol. The molecule has 0 radical (unpaired) electrons. The molecule has 0 atom stereocenters. The van der Waals surface area contributed by atoms with E-state index in [1.165, 1.54) is 0 Å². The molecule has 0 heterocycles. The van der Waals surface area contributed by atoms with Crippen molar-refractivity contribution in [1.29, 1.82) is 0 Å². The fourth-order valence-corrected chi connectivity index (χ4v) is 1.65. The van der Waals surface area contributed by atoms with Crippen molar-refractivity contribution < 1.29 is 24.1 Å². The van der Waals surface area contributed by atoms with Gasteiger partial charge in [-0.3, -0.25) is 4.79 Å². The third-order valence-corrected chi connectivity index (χ3v) is 2.61. The molecule has 5 heteroatoms. The van der Waals surface area contributed by atoms with Gasteiger partial charge >= 0.3 is 5.97 Å². The summed E-state index contributed by atoms with van der Waals surface area (Å²) in [5, 5.41) is 8.80. The molecule has 0 saturated heterocycles. The Bertz CT molecular complexity index is 439. The van der Waals surface area contributed by atoms with E-state index in [9.17, 15) is 4.79 Å². The first-order valence-corrected chi connectivity index (χ1v) is 5.94. The second-order valence-corrected chi connectivity index (χ2v) is 5.04. The third-order valence-electron chi connectivity index (χ3n) is 2.61. The van der Waals surface area contributed by atoms with E-state index < -0.39 is 11.4 Å². The van der Waals surface area contributed by atoms with Gasteiger partial charge in [0.2, 0.25) is 0 Å². The quantitative estimate of drug-likeness (QED) is 0.823. The van der Waals surface area contributed by atoms with Crippen LogP contribution in [0.25, 0.3) is 0 Å². The van der Waals surface area contributed by atoms with Crippen LogP contribution in [-0.2, 0) is 4.79 Å². The predicted octanol–water partition coefficient (Wildman–Crippen LogP) is 2.58. The van der Waals surface area contributed by atoms with Crippen molar-refractivity contribution in [2.24, 2.45) is 5.41 Å². The van der Waals surface area contributed by atoms with Crippen molar-refractivity contribution in [1.82, 2.24) is 0 Å². The monoisotopic (exact) mass is 268 g/mol. The minimum Gasteiger partial charge on any atom is -0.493 e. The number of ether oxygens (including phenoxy) is 3. The summed E-state index contributed by atoms with van der Waals surface area (Å²) in [6.45, 7) is 4.01. The van der Waals surface area contributed by atoms with Gasteiger partial charge in [-0.05, 0) is 12.1 Å². The summed E-state index contributed by atoms with van der Waals surface area (Å²) in [5.74, 6) is 0.993. The first-order chi connectivity index (χ1) is 8.88. The topological polar surface area (TPSA) is 65.0 Å². The molecule has 1 rings (SSSR count). The Balaban J connectivity index is 2.70. The van der Waals surface area contributed by atoms with Crippen LogP contribution in [0.2, 0.25) is 0 Å². The fraction of sp³-hybridized carbons (Fsp3) is 0.500. The Labute approximate surface area is 113 Å². The lowest BCUT2D eigenvalue weighted by Gasteiger charge is -2.22. The van der Waals surface area contributed by atoms with Crippen molar-refractivity contribution in [3.63, 3.8) is 0 Å². The highest BCUT2D eigenvalue weighted by atomic mass is 16.5. The molecule has 5 nitrogen and oxygen atoms in total. The molecule has 1 aromatic carbocycles. The van der Waals surface area contributed by atoms with Crippen molar-refractivity contribution >= 4 is 5.97 Å². The number of carbonyl (C=O) groups is 1. The van der Waals surface area contributed by atoms with Crippen LogP contribution in [-0.4, -0.2) is 31.9 Å². The van der Waals surface area contributed by atoms with Gasteiger partial charge in [0.25, 0.3) is 0 Å². The normalized spacial score (nSPS) is 10.9. The van der Waals surface area contributed by atoms with Crippen molar-refractivity contribution in [2.75, 3.05) is 20.8 Å². The highest BCUT2D eigenvalue weighted by Crippen LogP contribution is 2.32. The minimum absolute atomic E-state index is 0.0558. The lowest BCUT2D eigenvalue weighted by atomic mass is 9.91. The van der Waals surface area contributed by atoms with Gasteiger partial charge in [-0.1, -0.05) is 13.8 Å². The summed E-state index contributed by atoms with van der Waals surface area (Å²) in [6.07, 6.45) is 0.0558. The molecule has 0 bridgehead atoms. The molecule has 106 valence electrons. The number of methoxy groups -OCH3 is 2. The van der Waals surface area contributed by atoms with Crippen LogP contribution in [0, 0.1) is 5.41 Å². The van der Waals surface area contributed by atoms with Gasteiger partial charge in [0, 0.05) is 11.5 Å². The van der Waals surface area contributed by atoms with Crippen LogP contribution in [0.3, 0.4) is 0 Å². The lowest BCUT2D eigenvalue weighted by molar-refractivity contribution is -0.139. The SMILES string of the molecule is COc1ccc(OCC(C)(C)CC(=O)O)cc1OC. The number of carboxylic acids is 1. The molecule has 0 aliphatic rings. The molecule has 0 spiro atoms. The summed E-state index contributed by atoms with van der Waals surface area (Å²) < 4.78 is 15.9. The molecule has 0 aromatic heterocycles. The molecular formula is C14H20O5. The average molecular weight is 268 g/mol. The summed E-state index contributed by atoms with van der Waals surface area (Å²) in [7, 11) is 3.12. The fourth-order valence-electron chi connectivity index (χ4n) is 1.65. The number of benzene rings is 1. The number of carboxylic acid groups (broad SMARTS) is 1.